The smallest absolute Gasteiger partial charge is 0.132 e. The molecule has 0 radical (unpaired) electrons. The molecule has 1 atom stereocenters. The Balaban J connectivity index is 1.71. The molecule has 0 saturated heterocycles. The molecule has 2 fully saturated rings. The first-order chi connectivity index (χ1) is 9.77. The van der Waals surface area contributed by atoms with Crippen LogP contribution in [0.4, 0.5) is 0 Å². The van der Waals surface area contributed by atoms with Crippen molar-refractivity contribution in [2.75, 3.05) is 12.9 Å². The van der Waals surface area contributed by atoms with Gasteiger partial charge in [-0.05, 0) is 43.7 Å². The van der Waals surface area contributed by atoms with Crippen LogP contribution < -0.4 is 10.1 Å². The van der Waals surface area contributed by atoms with E-state index in [-0.39, 0.29) is 5.54 Å². The van der Waals surface area contributed by atoms with E-state index in [2.05, 4.69) is 17.5 Å². The Hall–Kier alpha value is -1.18. The minimum Gasteiger partial charge on any atom is -0.496 e. The number of hydrogen-bond donors (Lipinski definition) is 1. The van der Waals surface area contributed by atoms with E-state index in [1.54, 1.807) is 18.9 Å². The Bertz CT molecular complexity index is 519. The van der Waals surface area contributed by atoms with Crippen molar-refractivity contribution in [2.24, 2.45) is 5.92 Å². The second-order valence-corrected chi connectivity index (χ2v) is 6.73. The summed E-state index contributed by atoms with van der Waals surface area (Å²) in [6, 6.07) is 11.2. The van der Waals surface area contributed by atoms with Crippen LogP contribution in [0.25, 0.3) is 0 Å². The highest BCUT2D eigenvalue weighted by molar-refractivity contribution is 7.99. The van der Waals surface area contributed by atoms with Crippen LogP contribution in [-0.2, 0) is 0 Å². The Kier molecular flexibility index (Phi) is 3.91. The molecule has 2 aliphatic carbocycles. The fourth-order valence-electron chi connectivity index (χ4n) is 2.53. The summed E-state index contributed by atoms with van der Waals surface area (Å²) in [5.41, 5.74) is -0.354. The molecule has 4 heteroatoms. The van der Waals surface area contributed by atoms with Gasteiger partial charge in [0, 0.05) is 16.7 Å². The Labute approximate surface area is 124 Å². The molecule has 2 saturated carbocycles. The lowest BCUT2D eigenvalue weighted by molar-refractivity contribution is 0.398. The third kappa shape index (κ3) is 2.94. The van der Waals surface area contributed by atoms with Crippen molar-refractivity contribution in [1.82, 2.24) is 5.32 Å². The zero-order valence-corrected chi connectivity index (χ0v) is 12.6. The third-order valence-electron chi connectivity index (χ3n) is 4.04. The molecule has 20 heavy (non-hydrogen) atoms. The summed E-state index contributed by atoms with van der Waals surface area (Å²) in [5.74, 6) is 2.22. The second kappa shape index (κ2) is 5.67. The number of ether oxygens (including phenoxy) is 1. The van der Waals surface area contributed by atoms with Crippen molar-refractivity contribution in [3.05, 3.63) is 24.3 Å². The molecule has 2 aliphatic rings. The lowest BCUT2D eigenvalue weighted by atomic mass is 9.97. The lowest BCUT2D eigenvalue weighted by Gasteiger charge is -2.28. The Morgan fingerprint density at radius 2 is 2.10 bits per heavy atom. The minimum atomic E-state index is -0.354. The highest BCUT2D eigenvalue weighted by Crippen LogP contribution is 2.44. The van der Waals surface area contributed by atoms with Crippen LogP contribution in [0.15, 0.2) is 29.2 Å². The van der Waals surface area contributed by atoms with E-state index < -0.39 is 0 Å². The van der Waals surface area contributed by atoms with E-state index in [0.717, 1.165) is 16.4 Å². The lowest BCUT2D eigenvalue weighted by Crippen LogP contribution is -2.49. The van der Waals surface area contributed by atoms with E-state index in [9.17, 15) is 5.26 Å². The van der Waals surface area contributed by atoms with Gasteiger partial charge in [0.2, 0.25) is 0 Å². The molecule has 0 aliphatic heterocycles. The normalized spacial score (nSPS) is 21.0. The molecule has 0 heterocycles. The predicted molar refractivity (Wildman–Crippen MR) is 80.9 cm³/mol. The summed E-state index contributed by atoms with van der Waals surface area (Å²) >= 11 is 1.73. The van der Waals surface area contributed by atoms with E-state index in [0.29, 0.717) is 12.0 Å². The first-order valence-corrected chi connectivity index (χ1v) is 8.21. The number of thioether (sulfide) groups is 1. The molecule has 1 unspecified atom stereocenters. The fraction of sp³-hybridized carbons (Fsp3) is 0.562. The highest BCUT2D eigenvalue weighted by atomic mass is 32.2. The monoisotopic (exact) mass is 288 g/mol. The average molecular weight is 288 g/mol. The number of para-hydroxylation sites is 1. The molecule has 0 aromatic heterocycles. The summed E-state index contributed by atoms with van der Waals surface area (Å²) in [6.07, 6.45) is 4.80. The van der Waals surface area contributed by atoms with Crippen molar-refractivity contribution in [1.29, 1.82) is 5.26 Å². The van der Waals surface area contributed by atoms with E-state index in [4.69, 9.17) is 4.74 Å². The molecular formula is C16H20N2OS. The Morgan fingerprint density at radius 3 is 2.70 bits per heavy atom. The molecule has 1 N–H and O–H groups in total. The molecular weight excluding hydrogens is 268 g/mol. The maximum atomic E-state index is 9.71. The van der Waals surface area contributed by atoms with Crippen LogP contribution in [0.3, 0.4) is 0 Å². The maximum absolute atomic E-state index is 9.71. The topological polar surface area (TPSA) is 45.0 Å². The van der Waals surface area contributed by atoms with Gasteiger partial charge in [-0.2, -0.15) is 5.26 Å². The first kappa shape index (κ1) is 13.8. The molecule has 0 amide bonds. The maximum Gasteiger partial charge on any atom is 0.132 e. The second-order valence-electron chi connectivity index (χ2n) is 5.72. The SMILES string of the molecule is COc1ccccc1SCC(C#N)(NC1CC1)C1CC1. The van der Waals surface area contributed by atoms with Gasteiger partial charge in [0.05, 0.1) is 13.2 Å². The van der Waals surface area contributed by atoms with Gasteiger partial charge in [0.1, 0.15) is 11.3 Å². The molecule has 0 spiro atoms. The number of benzene rings is 1. The van der Waals surface area contributed by atoms with Crippen molar-refractivity contribution >= 4 is 11.8 Å². The summed E-state index contributed by atoms with van der Waals surface area (Å²) in [4.78, 5) is 1.12. The van der Waals surface area contributed by atoms with E-state index >= 15 is 0 Å². The summed E-state index contributed by atoms with van der Waals surface area (Å²) < 4.78 is 5.39. The number of rotatable bonds is 7. The van der Waals surface area contributed by atoms with Gasteiger partial charge in [-0.3, -0.25) is 5.32 Å². The van der Waals surface area contributed by atoms with Crippen LogP contribution in [0.2, 0.25) is 0 Å². The van der Waals surface area contributed by atoms with Gasteiger partial charge in [-0.25, -0.2) is 0 Å². The van der Waals surface area contributed by atoms with Crippen LogP contribution >= 0.6 is 11.8 Å². The zero-order valence-electron chi connectivity index (χ0n) is 11.8. The largest absolute Gasteiger partial charge is 0.496 e. The fourth-order valence-corrected chi connectivity index (χ4v) is 3.77. The van der Waals surface area contributed by atoms with Gasteiger partial charge >= 0.3 is 0 Å². The zero-order chi connectivity index (χ0) is 14.0. The van der Waals surface area contributed by atoms with Crippen LogP contribution in [0.1, 0.15) is 25.7 Å². The molecule has 3 nitrogen and oxygen atoms in total. The molecule has 3 rings (SSSR count). The van der Waals surface area contributed by atoms with Gasteiger partial charge in [-0.15, -0.1) is 11.8 Å². The predicted octanol–water partition coefficient (Wildman–Crippen LogP) is 3.21. The highest BCUT2D eigenvalue weighted by Gasteiger charge is 2.48. The average Bonchev–Trinajstić information content (AvgIpc) is 3.37. The van der Waals surface area contributed by atoms with Crippen LogP contribution in [0.5, 0.6) is 5.75 Å². The van der Waals surface area contributed by atoms with Gasteiger partial charge in [0.25, 0.3) is 0 Å². The summed E-state index contributed by atoms with van der Waals surface area (Å²) in [7, 11) is 1.69. The number of nitrogens with zero attached hydrogens (tertiary/aromatic N) is 1. The number of methoxy groups -OCH3 is 1. The molecule has 1 aromatic rings. The van der Waals surface area contributed by atoms with Gasteiger partial charge in [-0.1, -0.05) is 12.1 Å². The van der Waals surface area contributed by atoms with E-state index in [1.807, 2.05) is 18.2 Å². The minimum absolute atomic E-state index is 0.354. The Morgan fingerprint density at radius 1 is 1.35 bits per heavy atom. The molecule has 106 valence electrons. The van der Waals surface area contributed by atoms with Gasteiger partial charge in [0.15, 0.2) is 0 Å². The number of hydrogen-bond acceptors (Lipinski definition) is 4. The quantitative estimate of drug-likeness (QED) is 0.783. The third-order valence-corrected chi connectivity index (χ3v) is 5.29. The summed E-state index contributed by atoms with van der Waals surface area (Å²) in [5, 5.41) is 13.3. The number of nitrogens with one attached hydrogen (secondary N) is 1. The van der Waals surface area contributed by atoms with Crippen LogP contribution in [-0.4, -0.2) is 24.4 Å². The molecule has 0 bridgehead atoms. The standard InChI is InChI=1S/C16H20N2OS/c1-19-14-4-2-3-5-15(14)20-11-16(10-17,12-6-7-12)18-13-8-9-13/h2-5,12-13,18H,6-9,11H2,1H3. The van der Waals surface area contributed by atoms with Crippen molar-refractivity contribution < 1.29 is 4.74 Å². The first-order valence-electron chi connectivity index (χ1n) is 7.22. The number of nitriles is 1. The van der Waals surface area contributed by atoms with Crippen molar-refractivity contribution in [3.63, 3.8) is 0 Å². The van der Waals surface area contributed by atoms with Gasteiger partial charge < -0.3 is 4.74 Å². The van der Waals surface area contributed by atoms with Crippen molar-refractivity contribution in [2.45, 2.75) is 42.2 Å². The van der Waals surface area contributed by atoms with Crippen LogP contribution in [0, 0.1) is 17.2 Å². The van der Waals surface area contributed by atoms with E-state index in [1.165, 1.54) is 25.7 Å². The molecule has 1 aromatic carbocycles. The summed E-state index contributed by atoms with van der Waals surface area (Å²) in [6.45, 7) is 0. The van der Waals surface area contributed by atoms with Crippen molar-refractivity contribution in [3.8, 4) is 11.8 Å².